The van der Waals surface area contributed by atoms with Gasteiger partial charge < -0.3 is 14.7 Å². The third-order valence-corrected chi connectivity index (χ3v) is 4.95. The lowest BCUT2D eigenvalue weighted by Gasteiger charge is -2.22. The Balaban J connectivity index is 1.48. The predicted octanol–water partition coefficient (Wildman–Crippen LogP) is 1.15. The first-order valence-electron chi connectivity index (χ1n) is 9.11. The standard InChI is InChI=1S/C19H22N4O4/c24-17(13-22-9-10-27-19(22)26)21-7-4-8-23-15(12-21)11-16(20-23)18(25)14-5-2-1-3-6-14/h1-3,5-6,11,18,25H,4,7-10,12-13H2/t18-/m0/s1. The van der Waals surface area contributed by atoms with Crippen LogP contribution in [0.4, 0.5) is 4.79 Å². The molecule has 2 amide bonds. The Labute approximate surface area is 156 Å². The number of hydrogen-bond donors (Lipinski definition) is 1. The number of rotatable bonds is 4. The Morgan fingerprint density at radius 3 is 2.78 bits per heavy atom. The summed E-state index contributed by atoms with van der Waals surface area (Å²) >= 11 is 0. The summed E-state index contributed by atoms with van der Waals surface area (Å²) in [5.74, 6) is -0.103. The molecule has 0 aliphatic carbocycles. The van der Waals surface area contributed by atoms with Gasteiger partial charge in [-0.05, 0) is 18.1 Å². The van der Waals surface area contributed by atoms with Gasteiger partial charge in [0.05, 0.1) is 24.5 Å². The van der Waals surface area contributed by atoms with Crippen molar-refractivity contribution in [2.45, 2.75) is 25.6 Å². The van der Waals surface area contributed by atoms with Gasteiger partial charge in [0, 0.05) is 13.1 Å². The second-order valence-corrected chi connectivity index (χ2v) is 6.80. The quantitative estimate of drug-likeness (QED) is 0.872. The molecular weight excluding hydrogens is 348 g/mol. The first kappa shape index (κ1) is 17.5. The number of nitrogens with zero attached hydrogens (tertiary/aromatic N) is 4. The van der Waals surface area contributed by atoms with Crippen molar-refractivity contribution in [1.29, 1.82) is 0 Å². The summed E-state index contributed by atoms with van der Waals surface area (Å²) in [6.07, 6.45) is -0.461. The zero-order valence-electron chi connectivity index (χ0n) is 15.0. The van der Waals surface area contributed by atoms with Crippen LogP contribution in [0.1, 0.15) is 29.5 Å². The fourth-order valence-corrected chi connectivity index (χ4v) is 3.47. The summed E-state index contributed by atoms with van der Waals surface area (Å²) in [5.41, 5.74) is 2.25. The van der Waals surface area contributed by atoms with E-state index in [2.05, 4.69) is 5.10 Å². The molecule has 2 aromatic rings. The van der Waals surface area contributed by atoms with Crippen molar-refractivity contribution in [3.8, 4) is 0 Å². The lowest BCUT2D eigenvalue weighted by atomic mass is 10.1. The van der Waals surface area contributed by atoms with Gasteiger partial charge >= 0.3 is 6.09 Å². The highest BCUT2D eigenvalue weighted by atomic mass is 16.6. The minimum atomic E-state index is -0.797. The Morgan fingerprint density at radius 1 is 1.22 bits per heavy atom. The van der Waals surface area contributed by atoms with Crippen LogP contribution in [-0.2, 0) is 22.6 Å². The van der Waals surface area contributed by atoms with Crippen LogP contribution in [-0.4, -0.2) is 62.9 Å². The molecule has 1 aromatic carbocycles. The first-order chi connectivity index (χ1) is 13.1. The molecule has 1 aromatic heterocycles. The number of amides is 2. The minimum absolute atomic E-state index is 0.0342. The van der Waals surface area contributed by atoms with Gasteiger partial charge in [0.25, 0.3) is 0 Å². The van der Waals surface area contributed by atoms with Crippen molar-refractivity contribution in [2.75, 3.05) is 26.2 Å². The molecule has 0 bridgehead atoms. The Morgan fingerprint density at radius 2 is 2.04 bits per heavy atom. The average molecular weight is 370 g/mol. The molecule has 3 heterocycles. The molecule has 2 aliphatic rings. The van der Waals surface area contributed by atoms with Crippen LogP contribution >= 0.6 is 0 Å². The summed E-state index contributed by atoms with van der Waals surface area (Å²) in [6.45, 7) is 2.53. The van der Waals surface area contributed by atoms with Gasteiger partial charge in [0.15, 0.2) is 0 Å². The molecule has 0 saturated carbocycles. The summed E-state index contributed by atoms with van der Waals surface area (Å²) in [6, 6.07) is 11.2. The maximum absolute atomic E-state index is 12.6. The van der Waals surface area contributed by atoms with E-state index in [1.807, 2.05) is 41.1 Å². The third-order valence-electron chi connectivity index (χ3n) is 4.95. The maximum atomic E-state index is 12.6. The number of carbonyl (C=O) groups is 2. The van der Waals surface area contributed by atoms with E-state index in [1.54, 1.807) is 4.90 Å². The van der Waals surface area contributed by atoms with Crippen LogP contribution in [0.5, 0.6) is 0 Å². The highest BCUT2D eigenvalue weighted by Crippen LogP contribution is 2.23. The largest absolute Gasteiger partial charge is 0.448 e. The van der Waals surface area contributed by atoms with Crippen molar-refractivity contribution in [1.82, 2.24) is 19.6 Å². The van der Waals surface area contributed by atoms with Crippen LogP contribution < -0.4 is 0 Å². The van der Waals surface area contributed by atoms with Crippen molar-refractivity contribution in [3.63, 3.8) is 0 Å². The van der Waals surface area contributed by atoms with Crippen LogP contribution in [0.2, 0.25) is 0 Å². The van der Waals surface area contributed by atoms with Gasteiger partial charge in [-0.3, -0.25) is 14.4 Å². The summed E-state index contributed by atoms with van der Waals surface area (Å²) in [4.78, 5) is 27.4. The molecule has 4 rings (SSSR count). The number of fused-ring (bicyclic) bond motifs is 1. The van der Waals surface area contributed by atoms with E-state index in [9.17, 15) is 14.7 Å². The van der Waals surface area contributed by atoms with E-state index < -0.39 is 12.2 Å². The minimum Gasteiger partial charge on any atom is -0.448 e. The lowest BCUT2D eigenvalue weighted by molar-refractivity contribution is -0.132. The number of ether oxygens (including phenoxy) is 1. The Kier molecular flexibility index (Phi) is 4.81. The van der Waals surface area contributed by atoms with E-state index in [4.69, 9.17) is 4.74 Å². The molecule has 27 heavy (non-hydrogen) atoms. The van der Waals surface area contributed by atoms with Crippen molar-refractivity contribution in [3.05, 3.63) is 53.3 Å². The van der Waals surface area contributed by atoms with Gasteiger partial charge in [0.2, 0.25) is 5.91 Å². The number of carbonyl (C=O) groups excluding carboxylic acids is 2. The normalized spacial score (nSPS) is 18.0. The molecular formula is C19H22N4O4. The van der Waals surface area contributed by atoms with Crippen LogP contribution in [0, 0.1) is 0 Å². The van der Waals surface area contributed by atoms with Gasteiger partial charge in [0.1, 0.15) is 19.3 Å². The van der Waals surface area contributed by atoms with Gasteiger partial charge in [-0.25, -0.2) is 4.79 Å². The molecule has 1 saturated heterocycles. The maximum Gasteiger partial charge on any atom is 0.410 e. The van der Waals surface area contributed by atoms with E-state index in [0.717, 1.165) is 17.7 Å². The second kappa shape index (κ2) is 7.40. The molecule has 8 heteroatoms. The first-order valence-corrected chi connectivity index (χ1v) is 9.11. The zero-order valence-corrected chi connectivity index (χ0v) is 15.0. The van der Waals surface area contributed by atoms with Crippen molar-refractivity contribution in [2.24, 2.45) is 0 Å². The number of aromatic nitrogens is 2. The molecule has 1 N–H and O–H groups in total. The number of aliphatic hydroxyl groups excluding tert-OH is 1. The van der Waals surface area contributed by atoms with Gasteiger partial charge in [-0.1, -0.05) is 30.3 Å². The molecule has 1 atom stereocenters. The Hall–Kier alpha value is -2.87. The Bertz CT molecular complexity index is 835. The number of aryl methyl sites for hydroxylation is 1. The number of benzene rings is 1. The second-order valence-electron chi connectivity index (χ2n) is 6.80. The van der Waals surface area contributed by atoms with E-state index >= 15 is 0 Å². The molecule has 0 unspecified atom stereocenters. The fourth-order valence-electron chi connectivity index (χ4n) is 3.47. The van der Waals surface area contributed by atoms with Crippen LogP contribution in [0.25, 0.3) is 0 Å². The van der Waals surface area contributed by atoms with E-state index in [0.29, 0.717) is 38.5 Å². The zero-order chi connectivity index (χ0) is 18.8. The van der Waals surface area contributed by atoms with Gasteiger partial charge in [-0.15, -0.1) is 0 Å². The molecule has 8 nitrogen and oxygen atoms in total. The summed E-state index contributed by atoms with van der Waals surface area (Å²) < 4.78 is 6.74. The summed E-state index contributed by atoms with van der Waals surface area (Å²) in [5, 5.41) is 15.1. The molecule has 142 valence electrons. The predicted molar refractivity (Wildman–Crippen MR) is 95.7 cm³/mol. The van der Waals surface area contributed by atoms with E-state index in [-0.39, 0.29) is 12.5 Å². The molecule has 0 spiro atoms. The number of aliphatic hydroxyl groups is 1. The highest BCUT2D eigenvalue weighted by Gasteiger charge is 2.28. The molecule has 2 aliphatic heterocycles. The smallest absolute Gasteiger partial charge is 0.410 e. The van der Waals surface area contributed by atoms with Crippen molar-refractivity contribution < 1.29 is 19.4 Å². The van der Waals surface area contributed by atoms with Crippen LogP contribution in [0.15, 0.2) is 36.4 Å². The summed E-state index contributed by atoms with van der Waals surface area (Å²) in [7, 11) is 0. The monoisotopic (exact) mass is 370 g/mol. The SMILES string of the molecule is O=C(CN1CCOC1=O)N1CCCn2nc([C@@H](O)c3ccccc3)cc2C1. The van der Waals surface area contributed by atoms with E-state index in [1.165, 1.54) is 4.90 Å². The topological polar surface area (TPSA) is 87.9 Å². The third kappa shape index (κ3) is 3.66. The number of cyclic esters (lactones) is 1. The van der Waals surface area contributed by atoms with Crippen molar-refractivity contribution >= 4 is 12.0 Å². The molecule has 0 radical (unpaired) electrons. The number of hydrogen-bond acceptors (Lipinski definition) is 5. The highest BCUT2D eigenvalue weighted by molar-refractivity contribution is 5.82. The lowest BCUT2D eigenvalue weighted by Crippen LogP contribution is -2.40. The van der Waals surface area contributed by atoms with Crippen LogP contribution in [0.3, 0.4) is 0 Å². The molecule has 1 fully saturated rings. The van der Waals surface area contributed by atoms with Gasteiger partial charge in [-0.2, -0.15) is 5.10 Å². The average Bonchev–Trinajstić information content (AvgIpc) is 3.21. The fraction of sp³-hybridized carbons (Fsp3) is 0.421.